The average Bonchev–Trinajstić information content (AvgIpc) is 2.61. The molecule has 0 radical (unpaired) electrons. The zero-order valence-corrected chi connectivity index (χ0v) is 14.1. The molecule has 1 aromatic heterocycles. The molecule has 25 heavy (non-hydrogen) atoms. The van der Waals surface area contributed by atoms with Gasteiger partial charge in [-0.25, -0.2) is 4.79 Å². The van der Waals surface area contributed by atoms with Crippen molar-refractivity contribution in [2.24, 2.45) is 11.7 Å². The molecule has 1 atom stereocenters. The van der Waals surface area contributed by atoms with Crippen LogP contribution >= 0.6 is 0 Å². The van der Waals surface area contributed by atoms with Gasteiger partial charge >= 0.3 is 6.03 Å². The molecule has 0 aliphatic rings. The van der Waals surface area contributed by atoms with Crippen LogP contribution in [-0.2, 0) is 11.2 Å². The molecule has 0 spiro atoms. The van der Waals surface area contributed by atoms with E-state index in [0.29, 0.717) is 18.7 Å². The average molecular weight is 342 g/mol. The number of nitrogens with one attached hydrogen (secondary N) is 2. The molecule has 2 aromatic rings. The van der Waals surface area contributed by atoms with Crippen molar-refractivity contribution < 1.29 is 14.3 Å². The summed E-state index contributed by atoms with van der Waals surface area (Å²) in [5.41, 5.74) is 7.03. The van der Waals surface area contributed by atoms with Gasteiger partial charge in [0.05, 0.1) is 12.5 Å². The van der Waals surface area contributed by atoms with Crippen LogP contribution in [0.1, 0.15) is 12.5 Å². The molecule has 132 valence electrons. The minimum atomic E-state index is -0.499. The zero-order valence-electron chi connectivity index (χ0n) is 14.1. The van der Waals surface area contributed by atoms with Crippen molar-refractivity contribution in [3.05, 3.63) is 54.4 Å². The molecule has 0 aliphatic heterocycles. The summed E-state index contributed by atoms with van der Waals surface area (Å²) in [6, 6.07) is 10.4. The van der Waals surface area contributed by atoms with Crippen LogP contribution in [0.2, 0.25) is 0 Å². The van der Waals surface area contributed by atoms with E-state index in [2.05, 4.69) is 15.6 Å². The van der Waals surface area contributed by atoms with Crippen molar-refractivity contribution in [2.45, 2.75) is 13.3 Å². The van der Waals surface area contributed by atoms with Gasteiger partial charge in [0.2, 0.25) is 5.91 Å². The van der Waals surface area contributed by atoms with Gasteiger partial charge in [-0.05, 0) is 43.2 Å². The number of rotatable bonds is 8. The van der Waals surface area contributed by atoms with E-state index in [1.807, 2.05) is 31.2 Å². The number of ether oxygens (including phenoxy) is 1. The number of nitrogens with two attached hydrogens (primary N) is 1. The Kier molecular flexibility index (Phi) is 6.76. The van der Waals surface area contributed by atoms with Crippen molar-refractivity contribution in [1.29, 1.82) is 0 Å². The van der Waals surface area contributed by atoms with Crippen LogP contribution in [0, 0.1) is 5.92 Å². The minimum Gasteiger partial charge on any atom is -0.494 e. The first-order valence-corrected chi connectivity index (χ1v) is 8.04. The number of carbonyl (C=O) groups is 2. The zero-order chi connectivity index (χ0) is 18.1. The summed E-state index contributed by atoms with van der Waals surface area (Å²) in [5, 5.41) is 5.33. The smallest absolute Gasteiger partial charge is 0.319 e. The second-order valence-electron chi connectivity index (χ2n) is 5.45. The molecule has 2 rings (SSSR count). The second kappa shape index (κ2) is 9.27. The van der Waals surface area contributed by atoms with Crippen LogP contribution in [0.4, 0.5) is 10.5 Å². The predicted molar refractivity (Wildman–Crippen MR) is 95.3 cm³/mol. The number of amides is 3. The van der Waals surface area contributed by atoms with Crippen molar-refractivity contribution in [2.75, 3.05) is 18.5 Å². The number of carbonyl (C=O) groups excluding carboxylic acids is 2. The van der Waals surface area contributed by atoms with E-state index in [4.69, 9.17) is 10.5 Å². The summed E-state index contributed by atoms with van der Waals surface area (Å²) in [7, 11) is 0. The summed E-state index contributed by atoms with van der Waals surface area (Å²) in [6.45, 7) is 2.67. The molecule has 7 heteroatoms. The van der Waals surface area contributed by atoms with E-state index in [9.17, 15) is 9.59 Å². The van der Waals surface area contributed by atoms with Crippen molar-refractivity contribution >= 4 is 17.6 Å². The molecule has 0 saturated carbocycles. The van der Waals surface area contributed by atoms with Crippen LogP contribution in [0.3, 0.4) is 0 Å². The largest absolute Gasteiger partial charge is 0.494 e. The van der Waals surface area contributed by atoms with E-state index < -0.39 is 17.9 Å². The van der Waals surface area contributed by atoms with Crippen LogP contribution in [0.25, 0.3) is 0 Å². The van der Waals surface area contributed by atoms with Gasteiger partial charge in [0.25, 0.3) is 0 Å². The third-order valence-electron chi connectivity index (χ3n) is 3.57. The molecule has 1 heterocycles. The van der Waals surface area contributed by atoms with Crippen LogP contribution in [-0.4, -0.2) is 30.1 Å². The van der Waals surface area contributed by atoms with Crippen LogP contribution in [0.5, 0.6) is 5.75 Å². The lowest BCUT2D eigenvalue weighted by Gasteiger charge is -2.15. The summed E-state index contributed by atoms with van der Waals surface area (Å²) >= 11 is 0. The molecule has 0 fully saturated rings. The highest BCUT2D eigenvalue weighted by molar-refractivity contribution is 5.89. The van der Waals surface area contributed by atoms with Crippen LogP contribution in [0.15, 0.2) is 48.8 Å². The maximum absolute atomic E-state index is 11.9. The van der Waals surface area contributed by atoms with Gasteiger partial charge in [-0.2, -0.15) is 0 Å². The fourth-order valence-electron chi connectivity index (χ4n) is 2.27. The maximum atomic E-state index is 11.9. The van der Waals surface area contributed by atoms with Gasteiger partial charge in [0.15, 0.2) is 0 Å². The molecule has 0 unspecified atom stereocenters. The summed E-state index contributed by atoms with van der Waals surface area (Å²) in [6.07, 6.45) is 3.60. The Hall–Kier alpha value is -3.09. The highest BCUT2D eigenvalue weighted by Gasteiger charge is 2.17. The molecule has 7 nitrogen and oxygen atoms in total. The number of nitrogens with zero attached hydrogens (tertiary/aromatic N) is 1. The molecule has 1 aromatic carbocycles. The number of pyridine rings is 1. The Morgan fingerprint density at radius 1 is 1.16 bits per heavy atom. The van der Waals surface area contributed by atoms with Crippen molar-refractivity contribution in [1.82, 2.24) is 10.3 Å². The van der Waals surface area contributed by atoms with Crippen molar-refractivity contribution in [3.63, 3.8) is 0 Å². The molecule has 3 amide bonds. The molecular formula is C18H22N4O3. The first kappa shape index (κ1) is 18.3. The standard InChI is InChI=1S/C18H22N4O3/c1-2-25-16-5-3-13(4-6-16)11-14(17(19)23)12-21-18(24)22-15-7-9-20-10-8-15/h3-10,14H,2,11-12H2,1H3,(H2,19,23)(H2,20,21,22,24)/t14-/m0/s1. The highest BCUT2D eigenvalue weighted by atomic mass is 16.5. The monoisotopic (exact) mass is 342 g/mol. The number of anilines is 1. The van der Waals surface area contributed by atoms with Gasteiger partial charge in [0, 0.05) is 24.6 Å². The Morgan fingerprint density at radius 3 is 2.44 bits per heavy atom. The number of urea groups is 1. The lowest BCUT2D eigenvalue weighted by atomic mass is 9.98. The van der Waals surface area contributed by atoms with Gasteiger partial charge in [-0.15, -0.1) is 0 Å². The Bertz CT molecular complexity index is 689. The SMILES string of the molecule is CCOc1ccc(C[C@@H](CNC(=O)Nc2ccncc2)C(N)=O)cc1. The second-order valence-corrected chi connectivity index (χ2v) is 5.45. The van der Waals surface area contributed by atoms with Gasteiger partial charge in [-0.1, -0.05) is 12.1 Å². The third-order valence-corrected chi connectivity index (χ3v) is 3.57. The lowest BCUT2D eigenvalue weighted by molar-refractivity contribution is -0.121. The Morgan fingerprint density at radius 2 is 1.84 bits per heavy atom. The number of benzene rings is 1. The number of aromatic nitrogens is 1. The predicted octanol–water partition coefficient (Wildman–Crippen LogP) is 1.95. The van der Waals surface area contributed by atoms with E-state index in [1.165, 1.54) is 0 Å². The van der Waals surface area contributed by atoms with Crippen LogP contribution < -0.4 is 21.1 Å². The summed E-state index contributed by atoms with van der Waals surface area (Å²) in [5.74, 6) is -0.184. The van der Waals surface area contributed by atoms with E-state index in [1.54, 1.807) is 24.5 Å². The highest BCUT2D eigenvalue weighted by Crippen LogP contribution is 2.15. The Labute approximate surface area is 146 Å². The first-order chi connectivity index (χ1) is 12.1. The van der Waals surface area contributed by atoms with E-state index in [-0.39, 0.29) is 6.54 Å². The molecule has 0 aliphatic carbocycles. The van der Waals surface area contributed by atoms with Gasteiger partial charge in [0.1, 0.15) is 5.75 Å². The topological polar surface area (TPSA) is 106 Å². The van der Waals surface area contributed by atoms with E-state index >= 15 is 0 Å². The fraction of sp³-hybridized carbons (Fsp3) is 0.278. The van der Waals surface area contributed by atoms with Gasteiger partial charge in [-0.3, -0.25) is 9.78 Å². The Balaban J connectivity index is 1.87. The number of hydrogen-bond acceptors (Lipinski definition) is 4. The quantitative estimate of drug-likeness (QED) is 0.681. The first-order valence-electron chi connectivity index (χ1n) is 8.04. The maximum Gasteiger partial charge on any atom is 0.319 e. The number of primary amides is 1. The molecular weight excluding hydrogens is 320 g/mol. The molecule has 0 bridgehead atoms. The van der Waals surface area contributed by atoms with Gasteiger partial charge < -0.3 is 21.1 Å². The summed E-state index contributed by atoms with van der Waals surface area (Å²) in [4.78, 5) is 27.4. The summed E-state index contributed by atoms with van der Waals surface area (Å²) < 4.78 is 5.39. The minimum absolute atomic E-state index is 0.152. The molecule has 0 saturated heterocycles. The normalized spacial score (nSPS) is 11.4. The fourth-order valence-corrected chi connectivity index (χ4v) is 2.27. The lowest BCUT2D eigenvalue weighted by Crippen LogP contribution is -2.39. The number of hydrogen-bond donors (Lipinski definition) is 3. The van der Waals surface area contributed by atoms with Crippen molar-refractivity contribution in [3.8, 4) is 5.75 Å². The molecule has 4 N–H and O–H groups in total. The van der Waals surface area contributed by atoms with E-state index in [0.717, 1.165) is 11.3 Å². The third kappa shape index (κ3) is 6.14.